The summed E-state index contributed by atoms with van der Waals surface area (Å²) in [6, 6.07) is 45.8. The van der Waals surface area contributed by atoms with Gasteiger partial charge in [0.2, 0.25) is 11.6 Å². The first-order valence-corrected chi connectivity index (χ1v) is 42.5. The smallest absolute Gasteiger partial charge is 0.330 e. The van der Waals surface area contributed by atoms with Crippen molar-refractivity contribution in [2.45, 2.75) is 133 Å². The first kappa shape index (κ1) is 86.2. The van der Waals surface area contributed by atoms with E-state index >= 15 is 0 Å². The zero-order chi connectivity index (χ0) is 90.3. The third kappa shape index (κ3) is 17.5. The zero-order valence-corrected chi connectivity index (χ0v) is 74.6. The molecule has 0 radical (unpaired) electrons. The fourth-order valence-corrected chi connectivity index (χ4v) is 17.1. The van der Waals surface area contributed by atoms with E-state index in [0.717, 1.165) is 202 Å². The Balaban J connectivity index is 0.000000122. The van der Waals surface area contributed by atoms with Gasteiger partial charge in [-0.2, -0.15) is 19.1 Å². The largest absolute Gasteiger partial charge is 0.361 e. The molecule has 129 heavy (non-hydrogen) atoms. The lowest BCUT2D eigenvalue weighted by atomic mass is 10.0. The number of carbonyl (C=O) groups is 1. The number of aromatic nitrogens is 22. The molecule has 1 N–H and O–H groups in total. The van der Waals surface area contributed by atoms with Crippen molar-refractivity contribution in [3.8, 4) is 89.3 Å². The number of benzene rings is 2. The number of nitrogens with zero attached hydrogens (tertiary/aromatic N) is 21. The fourth-order valence-electron chi connectivity index (χ4n) is 16.3. The van der Waals surface area contributed by atoms with Crippen LogP contribution < -0.4 is 0 Å². The predicted octanol–water partition coefficient (Wildman–Crippen LogP) is 22.0. The molecule has 0 aliphatic rings. The maximum Gasteiger partial charge on any atom is 0.330 e. The van der Waals surface area contributed by atoms with Crippen molar-refractivity contribution < 1.29 is 40.4 Å². The van der Waals surface area contributed by atoms with Crippen molar-refractivity contribution in [1.29, 1.82) is 0 Å². The molecule has 3 atom stereocenters. The molecule has 0 saturated heterocycles. The Morgan fingerprint density at radius 3 is 1.21 bits per heavy atom. The maximum atomic E-state index is 14.2. The molecular weight excluding hydrogens is 1760 g/mol. The number of aryl methyl sites for hydroxylation is 8. The molecule has 0 amide bonds. The van der Waals surface area contributed by atoms with Crippen LogP contribution in [0.1, 0.15) is 127 Å². The number of pyridine rings is 8. The van der Waals surface area contributed by atoms with Gasteiger partial charge in [0.1, 0.15) is 35.1 Å². The van der Waals surface area contributed by atoms with E-state index in [-0.39, 0.29) is 23.7 Å². The lowest BCUT2D eigenvalue weighted by Crippen LogP contribution is -2.22. The summed E-state index contributed by atoms with van der Waals surface area (Å²) in [5.74, 6) is -4.00. The van der Waals surface area contributed by atoms with Crippen molar-refractivity contribution in [2.75, 3.05) is 0 Å². The molecule has 18 heterocycles. The van der Waals surface area contributed by atoms with Gasteiger partial charge in [0, 0.05) is 172 Å². The van der Waals surface area contributed by atoms with Crippen LogP contribution in [0.3, 0.4) is 0 Å². The van der Waals surface area contributed by atoms with Crippen LogP contribution in [0.25, 0.3) is 133 Å². The van der Waals surface area contributed by atoms with Crippen LogP contribution in [0.4, 0.5) is 17.6 Å². The summed E-state index contributed by atoms with van der Waals surface area (Å²) in [4.78, 5) is 48.6. The fraction of sp³-hybridized carbons (Fsp3) is 0.206. The number of alkyl halides is 4. The third-order valence-corrected chi connectivity index (χ3v) is 23.6. The van der Waals surface area contributed by atoms with Crippen molar-refractivity contribution in [2.24, 2.45) is 0 Å². The van der Waals surface area contributed by atoms with E-state index in [1.807, 2.05) is 190 Å². The lowest BCUT2D eigenvalue weighted by molar-refractivity contribution is -0.141. The number of nitrogens with one attached hydrogen (secondary N) is 1. The van der Waals surface area contributed by atoms with E-state index < -0.39 is 24.2 Å². The molecule has 0 aliphatic carbocycles. The van der Waals surface area contributed by atoms with Gasteiger partial charge in [0.05, 0.1) is 119 Å². The number of halogens is 5. The Hall–Kier alpha value is -15.0. The van der Waals surface area contributed by atoms with Crippen LogP contribution in [0.2, 0.25) is 0 Å². The second kappa shape index (κ2) is 35.8. The molecule has 0 saturated carbocycles. The van der Waals surface area contributed by atoms with E-state index in [0.29, 0.717) is 23.7 Å². The topological polar surface area (TPSA) is 316 Å². The van der Waals surface area contributed by atoms with Gasteiger partial charge < -0.3 is 36.4 Å². The number of tetrazole rings is 1. The molecular formula is C97H85F4IN22O5. The number of hydrogen-bond acceptors (Lipinski definition) is 21. The Labute approximate surface area is 749 Å². The highest BCUT2D eigenvalue weighted by Gasteiger charge is 2.38. The maximum absolute atomic E-state index is 14.2. The van der Waals surface area contributed by atoms with E-state index in [4.69, 9.17) is 38.0 Å². The van der Waals surface area contributed by atoms with Gasteiger partial charge in [-0.3, -0.25) is 49.3 Å². The highest BCUT2D eigenvalue weighted by molar-refractivity contribution is 14.1. The van der Waals surface area contributed by atoms with E-state index in [9.17, 15) is 22.4 Å². The van der Waals surface area contributed by atoms with Gasteiger partial charge in [0.25, 0.3) is 5.92 Å². The van der Waals surface area contributed by atoms with Gasteiger partial charge in [0.15, 0.2) is 0 Å². The standard InChI is InChI=1S/C28H24F2N4O2.C26H22N8O.C24H22F2N6O.C19H17IN4O/c1-16-26(18(3)36-33-16)21-13-25-27(32-14-21)23(15-34(25)17(2)24-7-5-6-12-31-24)20-8-10-22(11-9-20)28(29,30)19(4)35;1-15-24(17(3)35-31-15)20-12-23-25(28-13-20)21(14-34(23)16(2)22-6-4-5-11-27-22)18-7-9-19(10-8-18)26-29-32-33-30-26;1-15-22(16(2)33-30-15)17-8-21-23(28-9-17)20(13-31(21)12-19-6-4-5-7-27-19)18-10-29-32(11-18)14-24(3,25)26;1-11-18(13(3)25-23-11)14-8-17-19(22-9-14)15(20)10-24(17)12(2)16-6-4-5-7-21-16/h5-15,17H,1-4H3;4-14,16H,1-3H3,(H,29,30,32,33);4-11,13H,12,14H2,1-3H3;4-10,12H,1-3H3/t17-;16-;;12-/m00.0/s1. The summed E-state index contributed by atoms with van der Waals surface area (Å²) in [6.45, 7) is 23.4. The first-order chi connectivity index (χ1) is 62.1. The van der Waals surface area contributed by atoms with Gasteiger partial charge in [-0.05, 0) is 188 Å². The Morgan fingerprint density at radius 1 is 0.434 bits per heavy atom. The molecule has 0 fully saturated rings. The second-order valence-electron chi connectivity index (χ2n) is 31.7. The Morgan fingerprint density at radius 2 is 0.822 bits per heavy atom. The molecule has 0 bridgehead atoms. The summed E-state index contributed by atoms with van der Waals surface area (Å²) < 4.78 is 87.8. The molecule has 18 aromatic heterocycles. The van der Waals surface area contributed by atoms with Crippen LogP contribution >= 0.6 is 22.6 Å². The predicted molar refractivity (Wildman–Crippen MR) is 489 cm³/mol. The summed E-state index contributed by atoms with van der Waals surface area (Å²) in [6.07, 6.45) is 25.9. The van der Waals surface area contributed by atoms with Crippen LogP contribution in [-0.4, -0.2) is 121 Å². The number of fused-ring (bicyclic) bond motifs is 4. The van der Waals surface area contributed by atoms with Gasteiger partial charge in [-0.25, -0.2) is 8.78 Å². The molecule has 20 rings (SSSR count). The zero-order valence-electron chi connectivity index (χ0n) is 72.4. The number of hydrogen-bond donors (Lipinski definition) is 1. The average molecular weight is 1840 g/mol. The number of ketones is 1. The van der Waals surface area contributed by atoms with Gasteiger partial charge in [-0.15, -0.1) is 10.2 Å². The van der Waals surface area contributed by atoms with Crippen LogP contribution in [0.15, 0.2) is 250 Å². The second-order valence-corrected chi connectivity index (χ2v) is 32.9. The number of Topliss-reactive ketones (excluding diaryl/α,β-unsaturated/α-hetero) is 1. The van der Waals surface area contributed by atoms with Crippen molar-refractivity contribution in [3.05, 3.63) is 310 Å². The van der Waals surface area contributed by atoms with E-state index in [1.165, 1.54) is 16.8 Å². The number of H-pyrrole nitrogens is 1. The van der Waals surface area contributed by atoms with Crippen molar-refractivity contribution in [3.63, 3.8) is 0 Å². The SMILES string of the molecule is CC(=O)C(F)(F)c1ccc(-c2cn([C@@H](C)c3ccccn3)c3cc(-c4c(C)noc4C)cnc23)cc1.Cc1noc(C)c1-c1cnc2c(-c3ccc(-c4nn[nH]n4)cc3)cn([C@@H](C)c3ccccn3)c2c1.Cc1noc(C)c1-c1cnc2c(-c3cnn(CC(C)(F)F)c3)cn(Cc3ccccn3)c2c1.Cc1noc(C)c1-c1cnc2c(I)cn([C@@H](C)c3ccccn3)c2c1. The minimum absolute atomic E-state index is 0.00720. The number of carbonyl (C=O) groups excluding carboxylic acids is 1. The van der Waals surface area contributed by atoms with Gasteiger partial charge in [-0.1, -0.05) is 93.4 Å². The van der Waals surface area contributed by atoms with Crippen molar-refractivity contribution in [1.82, 2.24) is 109 Å². The number of aromatic amines is 1. The van der Waals surface area contributed by atoms with Crippen LogP contribution in [-0.2, 0) is 23.8 Å². The highest BCUT2D eigenvalue weighted by Crippen LogP contribution is 2.43. The average Bonchev–Trinajstić information content (AvgIpc) is 1.62. The van der Waals surface area contributed by atoms with Crippen LogP contribution in [0, 0.1) is 59.0 Å². The molecule has 0 spiro atoms. The summed E-state index contributed by atoms with van der Waals surface area (Å²) in [5.41, 5.74) is 27.5. The van der Waals surface area contributed by atoms with Gasteiger partial charge >= 0.3 is 5.92 Å². The quantitative estimate of drug-likeness (QED) is 0.0547. The normalized spacial score (nSPS) is 12.4. The molecule has 27 nitrogen and oxygen atoms in total. The monoisotopic (exact) mass is 1840 g/mol. The minimum atomic E-state index is -3.53. The third-order valence-electron chi connectivity index (χ3n) is 22.8. The lowest BCUT2D eigenvalue weighted by Gasteiger charge is -2.15. The summed E-state index contributed by atoms with van der Waals surface area (Å²) >= 11 is 2.34. The summed E-state index contributed by atoms with van der Waals surface area (Å²) in [7, 11) is 0. The number of rotatable bonds is 20. The minimum Gasteiger partial charge on any atom is -0.361 e. The highest BCUT2D eigenvalue weighted by atomic mass is 127. The summed E-state index contributed by atoms with van der Waals surface area (Å²) in [5, 5.41) is 34.7. The van der Waals surface area contributed by atoms with E-state index in [1.54, 1.807) is 49.3 Å². The molecule has 0 aliphatic heterocycles. The van der Waals surface area contributed by atoms with Crippen LogP contribution in [0.5, 0.6) is 0 Å². The first-order valence-electron chi connectivity index (χ1n) is 41.4. The molecule has 32 heteroatoms. The molecule has 2 aromatic carbocycles. The van der Waals surface area contributed by atoms with Crippen molar-refractivity contribution >= 4 is 72.5 Å². The molecule has 0 unspecified atom stereocenters. The Kier molecular flexibility index (Phi) is 23.9. The van der Waals surface area contributed by atoms with E-state index in [2.05, 4.69) is 164 Å². The molecule has 20 aromatic rings. The Bertz CT molecular complexity index is 7340. The molecule has 648 valence electrons.